The van der Waals surface area contributed by atoms with E-state index in [2.05, 4.69) is 14.7 Å². The van der Waals surface area contributed by atoms with E-state index in [0.717, 1.165) is 6.26 Å². The summed E-state index contributed by atoms with van der Waals surface area (Å²) in [6.07, 6.45) is 2.38. The van der Waals surface area contributed by atoms with Crippen molar-refractivity contribution in [2.75, 3.05) is 11.0 Å². The molecule has 0 saturated carbocycles. The number of carboxylic acid groups (broad SMARTS) is 1. The summed E-state index contributed by atoms with van der Waals surface area (Å²) in [4.78, 5) is 17.2. The predicted octanol–water partition coefficient (Wildman–Crippen LogP) is 0.633. The fourth-order valence-corrected chi connectivity index (χ4v) is 1.88. The van der Waals surface area contributed by atoms with E-state index in [0.29, 0.717) is 10.9 Å². The van der Waals surface area contributed by atoms with Crippen molar-refractivity contribution in [2.45, 2.75) is 0 Å². The number of aromatic amines is 1. The number of fused-ring (bicyclic) bond motifs is 1. The van der Waals surface area contributed by atoms with Crippen LogP contribution in [0.25, 0.3) is 10.9 Å². The highest BCUT2D eigenvalue weighted by molar-refractivity contribution is 7.92. The first kappa shape index (κ1) is 11.4. The van der Waals surface area contributed by atoms with E-state index >= 15 is 0 Å². The minimum absolute atomic E-state index is 0.0262. The first-order valence-corrected chi connectivity index (χ1v) is 6.44. The first-order valence-electron chi connectivity index (χ1n) is 4.55. The number of carboxylic acids is 1. The molecule has 0 unspecified atom stereocenters. The molecule has 0 bridgehead atoms. The molecule has 0 atom stereocenters. The molecule has 0 saturated heterocycles. The highest BCUT2D eigenvalue weighted by Crippen LogP contribution is 2.18. The summed E-state index contributed by atoms with van der Waals surface area (Å²) in [7, 11) is -3.39. The van der Waals surface area contributed by atoms with E-state index in [1.807, 2.05) is 0 Å². The number of aromatic nitrogens is 2. The number of nitrogens with one attached hydrogen (secondary N) is 2. The Bertz CT molecular complexity index is 689. The second kappa shape index (κ2) is 3.74. The number of hydrogen-bond acceptors (Lipinski definition) is 4. The maximum Gasteiger partial charge on any atom is 0.352 e. The van der Waals surface area contributed by atoms with Gasteiger partial charge in [-0.15, -0.1) is 0 Å². The van der Waals surface area contributed by atoms with Crippen molar-refractivity contribution < 1.29 is 18.3 Å². The average Bonchev–Trinajstić information content (AvgIpc) is 2.57. The molecule has 0 fully saturated rings. The number of pyridine rings is 1. The van der Waals surface area contributed by atoms with Crippen LogP contribution in [0.3, 0.4) is 0 Å². The van der Waals surface area contributed by atoms with Crippen LogP contribution in [0.15, 0.2) is 18.3 Å². The fraction of sp³-hybridized carbons (Fsp3) is 0.111. The Kier molecular flexibility index (Phi) is 2.50. The molecular weight excluding hydrogens is 246 g/mol. The topological polar surface area (TPSA) is 112 Å². The third-order valence-electron chi connectivity index (χ3n) is 2.03. The van der Waals surface area contributed by atoms with Gasteiger partial charge in [0.1, 0.15) is 11.5 Å². The van der Waals surface area contributed by atoms with Gasteiger partial charge in [-0.1, -0.05) is 0 Å². The normalized spacial score (nSPS) is 11.6. The van der Waals surface area contributed by atoms with Crippen LogP contribution in [0.5, 0.6) is 0 Å². The minimum atomic E-state index is -3.39. The quantitative estimate of drug-likeness (QED) is 0.744. The van der Waals surface area contributed by atoms with Gasteiger partial charge in [0.25, 0.3) is 0 Å². The highest BCUT2D eigenvalue weighted by Gasteiger charge is 2.09. The van der Waals surface area contributed by atoms with Crippen molar-refractivity contribution >= 4 is 32.7 Å². The number of aromatic carboxylic acids is 1. The van der Waals surface area contributed by atoms with Gasteiger partial charge in [-0.3, -0.25) is 4.72 Å². The van der Waals surface area contributed by atoms with Gasteiger partial charge in [0.2, 0.25) is 10.0 Å². The standard InChI is InChI=1S/C9H9N3O4S/c1-17(15,16)12-8-3-5-2-6(9(13)14)11-7(5)4-10-8/h2-4,11H,1H3,(H,10,12)(H,13,14). The largest absolute Gasteiger partial charge is 0.477 e. The maximum absolute atomic E-state index is 11.0. The Morgan fingerprint density at radius 3 is 2.76 bits per heavy atom. The van der Waals surface area contributed by atoms with E-state index in [-0.39, 0.29) is 11.5 Å². The van der Waals surface area contributed by atoms with Gasteiger partial charge in [-0.25, -0.2) is 18.2 Å². The molecule has 7 nitrogen and oxygen atoms in total. The average molecular weight is 255 g/mol. The highest BCUT2D eigenvalue weighted by atomic mass is 32.2. The van der Waals surface area contributed by atoms with Crippen molar-refractivity contribution in [1.29, 1.82) is 0 Å². The lowest BCUT2D eigenvalue weighted by molar-refractivity contribution is 0.0691. The number of carbonyl (C=O) groups is 1. The van der Waals surface area contributed by atoms with Crippen molar-refractivity contribution in [3.63, 3.8) is 0 Å². The third-order valence-corrected chi connectivity index (χ3v) is 2.61. The van der Waals surface area contributed by atoms with Gasteiger partial charge in [0, 0.05) is 5.39 Å². The van der Waals surface area contributed by atoms with Gasteiger partial charge in [0.15, 0.2) is 0 Å². The Balaban J connectivity index is 2.47. The van der Waals surface area contributed by atoms with E-state index in [1.54, 1.807) is 0 Å². The number of hydrogen-bond donors (Lipinski definition) is 3. The summed E-state index contributed by atoms with van der Waals surface area (Å²) in [6, 6.07) is 2.87. The molecule has 3 N–H and O–H groups in total. The monoisotopic (exact) mass is 255 g/mol. The predicted molar refractivity (Wildman–Crippen MR) is 61.5 cm³/mol. The molecule has 0 aliphatic rings. The maximum atomic E-state index is 11.0. The van der Waals surface area contributed by atoms with E-state index in [1.165, 1.54) is 18.3 Å². The SMILES string of the molecule is CS(=O)(=O)Nc1cc2cc(C(=O)O)[nH]c2cn1. The summed E-state index contributed by atoms with van der Waals surface area (Å²) >= 11 is 0. The van der Waals surface area contributed by atoms with Gasteiger partial charge >= 0.3 is 5.97 Å². The fourth-order valence-electron chi connectivity index (χ4n) is 1.39. The third kappa shape index (κ3) is 2.53. The summed E-state index contributed by atoms with van der Waals surface area (Å²) < 4.78 is 24.2. The number of sulfonamides is 1. The number of H-pyrrole nitrogens is 1. The molecule has 0 aromatic carbocycles. The van der Waals surface area contributed by atoms with Crippen LogP contribution < -0.4 is 4.72 Å². The van der Waals surface area contributed by atoms with Crippen molar-refractivity contribution in [2.24, 2.45) is 0 Å². The van der Waals surface area contributed by atoms with E-state index in [4.69, 9.17) is 5.11 Å². The second-order valence-electron chi connectivity index (χ2n) is 3.52. The minimum Gasteiger partial charge on any atom is -0.477 e. The lowest BCUT2D eigenvalue weighted by Gasteiger charge is -2.01. The Hall–Kier alpha value is -2.09. The van der Waals surface area contributed by atoms with Gasteiger partial charge in [-0.05, 0) is 12.1 Å². The van der Waals surface area contributed by atoms with Crippen LogP contribution in [0.2, 0.25) is 0 Å². The zero-order valence-corrected chi connectivity index (χ0v) is 9.58. The molecule has 2 heterocycles. The number of anilines is 1. The molecule has 0 amide bonds. The molecule has 8 heteroatoms. The molecule has 0 radical (unpaired) electrons. The summed E-state index contributed by atoms with van der Waals surface area (Å²) in [5.41, 5.74) is 0.555. The molecule has 90 valence electrons. The molecule has 2 aromatic heterocycles. The zero-order chi connectivity index (χ0) is 12.6. The molecule has 0 aliphatic heterocycles. The Labute approximate surface area is 96.5 Å². The molecule has 0 aliphatic carbocycles. The Morgan fingerprint density at radius 1 is 1.47 bits per heavy atom. The molecule has 0 spiro atoms. The molecular formula is C9H9N3O4S. The molecule has 2 aromatic rings. The zero-order valence-electron chi connectivity index (χ0n) is 8.76. The lowest BCUT2D eigenvalue weighted by atomic mass is 10.3. The van der Waals surface area contributed by atoms with Crippen LogP contribution in [0, 0.1) is 0 Å². The lowest BCUT2D eigenvalue weighted by Crippen LogP contribution is -2.10. The first-order chi connectivity index (χ1) is 7.85. The Morgan fingerprint density at radius 2 is 2.18 bits per heavy atom. The van der Waals surface area contributed by atoms with E-state index in [9.17, 15) is 13.2 Å². The van der Waals surface area contributed by atoms with E-state index < -0.39 is 16.0 Å². The van der Waals surface area contributed by atoms with Gasteiger partial charge in [0.05, 0.1) is 18.0 Å². The van der Waals surface area contributed by atoms with Crippen LogP contribution in [-0.2, 0) is 10.0 Å². The summed E-state index contributed by atoms with van der Waals surface area (Å²) in [5.74, 6) is -0.935. The van der Waals surface area contributed by atoms with Crippen LogP contribution in [0.1, 0.15) is 10.5 Å². The van der Waals surface area contributed by atoms with Crippen molar-refractivity contribution in [1.82, 2.24) is 9.97 Å². The number of nitrogens with zero attached hydrogens (tertiary/aromatic N) is 1. The van der Waals surface area contributed by atoms with Crippen molar-refractivity contribution in [3.05, 3.63) is 24.0 Å². The number of rotatable bonds is 3. The van der Waals surface area contributed by atoms with Crippen LogP contribution in [-0.4, -0.2) is 35.7 Å². The smallest absolute Gasteiger partial charge is 0.352 e. The van der Waals surface area contributed by atoms with Gasteiger partial charge in [-0.2, -0.15) is 0 Å². The summed E-state index contributed by atoms with van der Waals surface area (Å²) in [6.45, 7) is 0. The van der Waals surface area contributed by atoms with Crippen LogP contribution >= 0.6 is 0 Å². The summed E-state index contributed by atoms with van der Waals surface area (Å²) in [5, 5.41) is 9.35. The second-order valence-corrected chi connectivity index (χ2v) is 5.27. The van der Waals surface area contributed by atoms with Crippen molar-refractivity contribution in [3.8, 4) is 0 Å². The molecule has 2 rings (SSSR count). The van der Waals surface area contributed by atoms with Gasteiger partial charge < -0.3 is 10.1 Å². The van der Waals surface area contributed by atoms with Crippen LogP contribution in [0.4, 0.5) is 5.82 Å². The molecule has 17 heavy (non-hydrogen) atoms.